The maximum absolute atomic E-state index is 5.03. The van der Waals surface area contributed by atoms with Gasteiger partial charge >= 0.3 is 0 Å². The molecule has 0 amide bonds. The third kappa shape index (κ3) is 6.35. The van der Waals surface area contributed by atoms with E-state index >= 15 is 0 Å². The fourth-order valence-corrected chi connectivity index (χ4v) is 6.49. The summed E-state index contributed by atoms with van der Waals surface area (Å²) < 4.78 is 0. The van der Waals surface area contributed by atoms with E-state index in [0.29, 0.717) is 17.5 Å². The fourth-order valence-electron chi connectivity index (χ4n) is 6.49. The summed E-state index contributed by atoms with van der Waals surface area (Å²) >= 11 is 0. The summed E-state index contributed by atoms with van der Waals surface area (Å²) in [4.78, 5) is 24.4. The van der Waals surface area contributed by atoms with E-state index in [0.717, 1.165) is 55.5 Å². The molecule has 52 heavy (non-hydrogen) atoms. The molecule has 0 saturated heterocycles. The van der Waals surface area contributed by atoms with Gasteiger partial charge in [-0.15, -0.1) is 0 Å². The van der Waals surface area contributed by atoms with Gasteiger partial charge in [-0.05, 0) is 70.3 Å². The van der Waals surface area contributed by atoms with Crippen molar-refractivity contribution >= 4 is 10.9 Å². The Morgan fingerprint density at radius 3 is 1.44 bits per heavy atom. The topological polar surface area (TPSA) is 64.5 Å². The fraction of sp³-hybridized carbons (Fsp3) is 0. The predicted molar refractivity (Wildman–Crippen MR) is 211 cm³/mol. The molecule has 9 aromatic rings. The van der Waals surface area contributed by atoms with Gasteiger partial charge in [0.1, 0.15) is 0 Å². The summed E-state index contributed by atoms with van der Waals surface area (Å²) in [5.74, 6) is 1.82. The van der Waals surface area contributed by atoms with Gasteiger partial charge in [0, 0.05) is 45.6 Å². The summed E-state index contributed by atoms with van der Waals surface area (Å²) in [6.07, 6.45) is 3.74. The number of hydrogen-bond acceptors (Lipinski definition) is 5. The lowest BCUT2D eigenvalue weighted by Crippen LogP contribution is -2.00. The van der Waals surface area contributed by atoms with E-state index in [4.69, 9.17) is 19.9 Å². The van der Waals surface area contributed by atoms with Crippen LogP contribution in [0.5, 0.6) is 0 Å². The monoisotopic (exact) mass is 665 g/mol. The molecule has 0 radical (unpaired) electrons. The van der Waals surface area contributed by atoms with Crippen molar-refractivity contribution in [3.05, 3.63) is 188 Å². The summed E-state index contributed by atoms with van der Waals surface area (Å²) in [5.41, 5.74) is 12.3. The lowest BCUT2D eigenvalue weighted by atomic mass is 9.98. The summed E-state index contributed by atoms with van der Waals surface area (Å²) in [6, 6.07) is 60.3. The lowest BCUT2D eigenvalue weighted by Gasteiger charge is -2.11. The average Bonchev–Trinajstić information content (AvgIpc) is 3.24. The van der Waals surface area contributed by atoms with Crippen LogP contribution in [0.4, 0.5) is 0 Å². The van der Waals surface area contributed by atoms with Crippen LogP contribution in [-0.4, -0.2) is 24.9 Å². The molecule has 0 N–H and O–H groups in total. The summed E-state index contributed by atoms with van der Waals surface area (Å²) in [7, 11) is 0. The molecule has 244 valence electrons. The van der Waals surface area contributed by atoms with E-state index in [2.05, 4.69) is 102 Å². The Morgan fingerprint density at radius 1 is 0.288 bits per heavy atom. The van der Waals surface area contributed by atoms with Gasteiger partial charge in [0.25, 0.3) is 0 Å². The quantitative estimate of drug-likeness (QED) is 0.169. The van der Waals surface area contributed by atoms with Crippen LogP contribution in [-0.2, 0) is 0 Å². The second kappa shape index (κ2) is 13.7. The molecule has 0 spiro atoms. The van der Waals surface area contributed by atoms with Crippen molar-refractivity contribution in [2.24, 2.45) is 0 Å². The van der Waals surface area contributed by atoms with Crippen molar-refractivity contribution in [3.63, 3.8) is 0 Å². The summed E-state index contributed by atoms with van der Waals surface area (Å²) in [5, 5.41) is 1.08. The second-order valence-electron chi connectivity index (χ2n) is 12.6. The number of rotatable bonds is 7. The molecular weight excluding hydrogens is 635 g/mol. The molecule has 0 bridgehead atoms. The van der Waals surface area contributed by atoms with Crippen molar-refractivity contribution in [2.45, 2.75) is 0 Å². The predicted octanol–water partition coefficient (Wildman–Crippen LogP) is 11.5. The molecule has 5 nitrogen and oxygen atoms in total. The zero-order chi connectivity index (χ0) is 34.7. The number of aromatic nitrogens is 5. The van der Waals surface area contributed by atoms with Gasteiger partial charge in [0.2, 0.25) is 0 Å². The van der Waals surface area contributed by atoms with E-state index in [-0.39, 0.29) is 0 Å². The van der Waals surface area contributed by atoms with Gasteiger partial charge in [-0.25, -0.2) is 15.0 Å². The Bertz CT molecular complexity index is 2660. The molecule has 5 heteroatoms. The molecule has 3 aromatic heterocycles. The number of benzene rings is 6. The van der Waals surface area contributed by atoms with Crippen LogP contribution in [0.15, 0.2) is 188 Å². The highest BCUT2D eigenvalue weighted by Crippen LogP contribution is 2.32. The standard InChI is InChI=1S/C47H31N5/c1-3-11-32(12-4-1)33-20-22-34(23-21-33)37-24-25-44-41(28-37)30-42(31-49-44)36-15-9-17-39(27-36)46-50-45(35-13-5-2-6-14-35)51-47(52-46)40-18-10-16-38(29-40)43-19-7-8-26-48-43/h1-31H. The van der Waals surface area contributed by atoms with E-state index in [1.165, 1.54) is 16.7 Å². The van der Waals surface area contributed by atoms with Crippen LogP contribution >= 0.6 is 0 Å². The van der Waals surface area contributed by atoms with Gasteiger partial charge in [0.05, 0.1) is 11.2 Å². The van der Waals surface area contributed by atoms with Crippen molar-refractivity contribution in [1.29, 1.82) is 0 Å². The van der Waals surface area contributed by atoms with Gasteiger partial charge in [-0.2, -0.15) is 0 Å². The van der Waals surface area contributed by atoms with Gasteiger partial charge in [0.15, 0.2) is 17.5 Å². The molecule has 0 aliphatic rings. The number of fused-ring (bicyclic) bond motifs is 1. The number of pyridine rings is 2. The van der Waals surface area contributed by atoms with Crippen LogP contribution in [0.3, 0.4) is 0 Å². The zero-order valence-electron chi connectivity index (χ0n) is 28.1. The number of nitrogens with zero attached hydrogens (tertiary/aromatic N) is 5. The van der Waals surface area contributed by atoms with Gasteiger partial charge in [-0.1, -0.05) is 133 Å². The van der Waals surface area contributed by atoms with Crippen molar-refractivity contribution < 1.29 is 0 Å². The highest BCUT2D eigenvalue weighted by molar-refractivity contribution is 5.88. The van der Waals surface area contributed by atoms with Crippen LogP contribution in [0.25, 0.3) is 89.7 Å². The Hall–Kier alpha value is -7.11. The maximum Gasteiger partial charge on any atom is 0.164 e. The van der Waals surface area contributed by atoms with Gasteiger partial charge in [-0.3, -0.25) is 9.97 Å². The Kier molecular flexibility index (Phi) is 8.12. The summed E-state index contributed by atoms with van der Waals surface area (Å²) in [6.45, 7) is 0. The molecule has 3 heterocycles. The lowest BCUT2D eigenvalue weighted by molar-refractivity contribution is 1.07. The van der Waals surface area contributed by atoms with E-state index in [1.54, 1.807) is 6.20 Å². The van der Waals surface area contributed by atoms with E-state index in [9.17, 15) is 0 Å². The van der Waals surface area contributed by atoms with Crippen LogP contribution in [0, 0.1) is 0 Å². The van der Waals surface area contributed by atoms with E-state index in [1.807, 2.05) is 85.1 Å². The van der Waals surface area contributed by atoms with Crippen LogP contribution < -0.4 is 0 Å². The van der Waals surface area contributed by atoms with E-state index < -0.39 is 0 Å². The first-order chi connectivity index (χ1) is 25.7. The van der Waals surface area contributed by atoms with Crippen molar-refractivity contribution in [1.82, 2.24) is 24.9 Å². The minimum Gasteiger partial charge on any atom is -0.256 e. The van der Waals surface area contributed by atoms with Crippen molar-refractivity contribution in [3.8, 4) is 78.8 Å². The first-order valence-corrected chi connectivity index (χ1v) is 17.2. The highest BCUT2D eigenvalue weighted by atomic mass is 15.0. The smallest absolute Gasteiger partial charge is 0.164 e. The minimum absolute atomic E-state index is 0.601. The molecule has 6 aromatic carbocycles. The molecule has 0 unspecified atom stereocenters. The average molecular weight is 666 g/mol. The Morgan fingerprint density at radius 2 is 0.769 bits per heavy atom. The molecule has 0 saturated carbocycles. The number of hydrogen-bond donors (Lipinski definition) is 0. The normalized spacial score (nSPS) is 11.1. The maximum atomic E-state index is 5.03. The highest BCUT2D eigenvalue weighted by Gasteiger charge is 2.14. The van der Waals surface area contributed by atoms with Crippen molar-refractivity contribution in [2.75, 3.05) is 0 Å². The SMILES string of the molecule is c1ccc(-c2ccc(-c3ccc4ncc(-c5cccc(-c6nc(-c7ccccc7)nc(-c7cccc(-c8ccccn8)c7)n6)c5)cc4c3)cc2)cc1. The first kappa shape index (κ1) is 30.9. The Labute approximate surface area is 302 Å². The van der Waals surface area contributed by atoms with Crippen LogP contribution in [0.2, 0.25) is 0 Å². The zero-order valence-corrected chi connectivity index (χ0v) is 28.1. The molecule has 0 aliphatic heterocycles. The minimum atomic E-state index is 0.601. The third-order valence-electron chi connectivity index (χ3n) is 9.21. The second-order valence-corrected chi connectivity index (χ2v) is 12.6. The van der Waals surface area contributed by atoms with Crippen LogP contribution in [0.1, 0.15) is 0 Å². The Balaban J connectivity index is 1.08. The first-order valence-electron chi connectivity index (χ1n) is 17.2. The molecular formula is C47H31N5. The molecule has 0 aliphatic carbocycles. The van der Waals surface area contributed by atoms with Gasteiger partial charge < -0.3 is 0 Å². The third-order valence-corrected chi connectivity index (χ3v) is 9.21. The molecule has 9 rings (SSSR count). The molecule has 0 atom stereocenters. The molecule has 0 fully saturated rings. The largest absolute Gasteiger partial charge is 0.256 e.